The van der Waals surface area contributed by atoms with Crippen LogP contribution < -0.4 is 4.90 Å². The van der Waals surface area contributed by atoms with Crippen molar-refractivity contribution in [2.75, 3.05) is 4.90 Å². The Balaban J connectivity index is 1.46. The van der Waals surface area contributed by atoms with Crippen molar-refractivity contribution < 1.29 is 9.21 Å². The average Bonchev–Trinajstić information content (AvgIpc) is 3.39. The quantitative estimate of drug-likeness (QED) is 0.302. The second kappa shape index (κ2) is 9.21. The summed E-state index contributed by atoms with van der Waals surface area (Å²) in [6, 6.07) is 13.2. The number of aryl methyl sites for hydroxylation is 2. The number of thiazole rings is 1. The lowest BCUT2D eigenvalue weighted by atomic mass is 10.1. The van der Waals surface area contributed by atoms with Gasteiger partial charge in [0.15, 0.2) is 5.13 Å². The molecule has 0 spiro atoms. The molecule has 0 unspecified atom stereocenters. The van der Waals surface area contributed by atoms with E-state index in [-0.39, 0.29) is 5.91 Å². The maximum Gasteiger partial charge on any atom is 0.277 e. The lowest BCUT2D eigenvalue weighted by Gasteiger charge is -2.19. The van der Waals surface area contributed by atoms with Gasteiger partial charge < -0.3 is 4.42 Å². The van der Waals surface area contributed by atoms with Gasteiger partial charge in [-0.1, -0.05) is 29.4 Å². The van der Waals surface area contributed by atoms with Crippen LogP contribution in [0.4, 0.5) is 10.8 Å². The number of amides is 1. The van der Waals surface area contributed by atoms with Crippen LogP contribution in [0.25, 0.3) is 11.5 Å². The molecule has 0 saturated carbocycles. The summed E-state index contributed by atoms with van der Waals surface area (Å²) in [4.78, 5) is 18.6. The van der Waals surface area contributed by atoms with Crippen LogP contribution in [0.2, 0.25) is 5.02 Å². The summed E-state index contributed by atoms with van der Waals surface area (Å²) < 4.78 is 5.73. The Labute approximate surface area is 193 Å². The molecule has 0 bridgehead atoms. The number of hydrogen-bond donors (Lipinski definition) is 0. The van der Waals surface area contributed by atoms with Gasteiger partial charge in [-0.2, -0.15) is 0 Å². The van der Waals surface area contributed by atoms with E-state index in [2.05, 4.69) is 15.2 Å². The molecule has 0 aliphatic heterocycles. The number of halogens is 1. The van der Waals surface area contributed by atoms with Crippen molar-refractivity contribution in [1.29, 1.82) is 0 Å². The van der Waals surface area contributed by atoms with Crippen LogP contribution in [0.15, 0.2) is 57.5 Å². The van der Waals surface area contributed by atoms with Crippen molar-refractivity contribution in [3.05, 3.63) is 69.7 Å². The highest BCUT2D eigenvalue weighted by Crippen LogP contribution is 2.32. The van der Waals surface area contributed by atoms with Crippen molar-refractivity contribution >= 4 is 51.4 Å². The van der Waals surface area contributed by atoms with Crippen molar-refractivity contribution in [3.8, 4) is 11.5 Å². The van der Waals surface area contributed by atoms with Gasteiger partial charge in [-0.15, -0.1) is 21.5 Å². The first-order chi connectivity index (χ1) is 14.9. The maximum atomic E-state index is 12.3. The molecule has 2 aromatic carbocycles. The molecule has 0 aliphatic carbocycles. The normalized spacial score (nSPS) is 11.0. The maximum absolute atomic E-state index is 12.3. The monoisotopic (exact) mass is 470 g/mol. The smallest absolute Gasteiger partial charge is 0.277 e. The van der Waals surface area contributed by atoms with Crippen LogP contribution in [-0.4, -0.2) is 21.1 Å². The minimum absolute atomic E-state index is 0.0821. The topological polar surface area (TPSA) is 72.1 Å². The molecule has 0 N–H and O–H groups in total. The van der Waals surface area contributed by atoms with Gasteiger partial charge in [-0.05, 0) is 61.4 Å². The standard InChI is InChI=1S/C22H19ClN4O2S2/c1-13-4-9-19(10-14(13)2)27(15(3)28)21-24-18(11-30-21)12-31-22-26-25-20(29-22)16-5-7-17(23)8-6-16/h4-11H,12H2,1-3H3. The molecule has 2 heterocycles. The third-order valence-corrected chi connectivity index (χ3v) is 6.61. The number of carbonyl (C=O) groups excluding carboxylic acids is 1. The van der Waals surface area contributed by atoms with Gasteiger partial charge >= 0.3 is 0 Å². The Morgan fingerprint density at radius 2 is 1.90 bits per heavy atom. The third kappa shape index (κ3) is 4.98. The van der Waals surface area contributed by atoms with Crippen LogP contribution in [0.3, 0.4) is 0 Å². The van der Waals surface area contributed by atoms with Crippen LogP contribution in [0, 0.1) is 13.8 Å². The average molecular weight is 471 g/mol. The fourth-order valence-corrected chi connectivity index (χ4v) is 4.64. The first kappa shape index (κ1) is 21.5. The second-order valence-electron chi connectivity index (χ2n) is 6.91. The fourth-order valence-electron chi connectivity index (χ4n) is 2.87. The van der Waals surface area contributed by atoms with E-state index in [0.29, 0.717) is 27.0 Å². The van der Waals surface area contributed by atoms with Gasteiger partial charge in [0.05, 0.1) is 11.4 Å². The van der Waals surface area contributed by atoms with Gasteiger partial charge in [-0.3, -0.25) is 9.69 Å². The predicted octanol–water partition coefficient (Wildman–Crippen LogP) is 6.44. The van der Waals surface area contributed by atoms with E-state index in [4.69, 9.17) is 16.0 Å². The van der Waals surface area contributed by atoms with E-state index in [0.717, 1.165) is 22.5 Å². The minimum Gasteiger partial charge on any atom is -0.411 e. The van der Waals surface area contributed by atoms with E-state index >= 15 is 0 Å². The Bertz CT molecular complexity index is 1220. The first-order valence-corrected chi connectivity index (χ1v) is 11.7. The largest absolute Gasteiger partial charge is 0.411 e. The zero-order chi connectivity index (χ0) is 22.0. The summed E-state index contributed by atoms with van der Waals surface area (Å²) in [5.41, 5.74) is 4.77. The van der Waals surface area contributed by atoms with Crippen LogP contribution in [0.1, 0.15) is 23.7 Å². The molecule has 31 heavy (non-hydrogen) atoms. The molecule has 1 amide bonds. The van der Waals surface area contributed by atoms with Crippen LogP contribution in [-0.2, 0) is 10.5 Å². The highest BCUT2D eigenvalue weighted by atomic mass is 35.5. The Morgan fingerprint density at radius 3 is 2.61 bits per heavy atom. The summed E-state index contributed by atoms with van der Waals surface area (Å²) in [7, 11) is 0. The lowest BCUT2D eigenvalue weighted by molar-refractivity contribution is -0.115. The number of benzene rings is 2. The molecule has 0 radical (unpaired) electrons. The third-order valence-electron chi connectivity index (χ3n) is 4.64. The Hall–Kier alpha value is -2.68. The number of carbonyl (C=O) groups is 1. The first-order valence-electron chi connectivity index (χ1n) is 9.45. The molecular formula is C22H19ClN4O2S2. The van der Waals surface area contributed by atoms with E-state index in [1.165, 1.54) is 28.7 Å². The number of rotatable bonds is 6. The van der Waals surface area contributed by atoms with Gasteiger partial charge in [0.1, 0.15) is 0 Å². The van der Waals surface area contributed by atoms with Gasteiger partial charge in [0, 0.05) is 28.6 Å². The zero-order valence-corrected chi connectivity index (χ0v) is 19.5. The summed E-state index contributed by atoms with van der Waals surface area (Å²) in [5.74, 6) is 0.911. The summed E-state index contributed by atoms with van der Waals surface area (Å²) in [6.45, 7) is 5.62. The number of thioether (sulfide) groups is 1. The summed E-state index contributed by atoms with van der Waals surface area (Å²) >= 11 is 8.75. The highest BCUT2D eigenvalue weighted by molar-refractivity contribution is 7.98. The van der Waals surface area contributed by atoms with E-state index in [9.17, 15) is 4.79 Å². The second-order valence-corrected chi connectivity index (χ2v) is 9.11. The van der Waals surface area contributed by atoms with E-state index < -0.39 is 0 Å². The number of anilines is 2. The van der Waals surface area contributed by atoms with Crippen molar-refractivity contribution in [2.45, 2.75) is 31.7 Å². The molecule has 158 valence electrons. The number of aromatic nitrogens is 3. The van der Waals surface area contributed by atoms with Gasteiger partial charge in [0.25, 0.3) is 5.22 Å². The molecule has 2 aromatic heterocycles. The number of nitrogens with zero attached hydrogens (tertiary/aromatic N) is 4. The molecule has 0 saturated heterocycles. The molecule has 6 nitrogen and oxygen atoms in total. The molecule has 0 aliphatic rings. The predicted molar refractivity (Wildman–Crippen MR) is 125 cm³/mol. The fraction of sp³-hybridized carbons (Fsp3) is 0.182. The molecule has 9 heteroatoms. The van der Waals surface area contributed by atoms with Crippen molar-refractivity contribution in [1.82, 2.24) is 15.2 Å². The highest BCUT2D eigenvalue weighted by Gasteiger charge is 2.19. The Morgan fingerprint density at radius 1 is 1.13 bits per heavy atom. The van der Waals surface area contributed by atoms with E-state index in [1.807, 2.05) is 49.6 Å². The Kier molecular flexibility index (Phi) is 6.41. The molecule has 4 aromatic rings. The SMILES string of the molecule is CC(=O)N(c1ccc(C)c(C)c1)c1nc(CSc2nnc(-c3ccc(Cl)cc3)o2)cs1. The summed E-state index contributed by atoms with van der Waals surface area (Å²) in [6.07, 6.45) is 0. The molecule has 4 rings (SSSR count). The van der Waals surface area contributed by atoms with Crippen molar-refractivity contribution in [3.63, 3.8) is 0 Å². The summed E-state index contributed by atoms with van der Waals surface area (Å²) in [5, 5.41) is 11.9. The van der Waals surface area contributed by atoms with Gasteiger partial charge in [0.2, 0.25) is 11.8 Å². The molecule has 0 fully saturated rings. The number of hydrogen-bond acceptors (Lipinski definition) is 7. The molecular weight excluding hydrogens is 452 g/mol. The zero-order valence-electron chi connectivity index (χ0n) is 17.1. The van der Waals surface area contributed by atoms with Gasteiger partial charge in [-0.25, -0.2) is 4.98 Å². The van der Waals surface area contributed by atoms with Crippen LogP contribution >= 0.6 is 34.7 Å². The molecule has 0 atom stereocenters. The van der Waals surface area contributed by atoms with Crippen LogP contribution in [0.5, 0.6) is 0 Å². The van der Waals surface area contributed by atoms with Crippen molar-refractivity contribution in [2.24, 2.45) is 0 Å². The van der Waals surface area contributed by atoms with E-state index in [1.54, 1.807) is 24.0 Å². The minimum atomic E-state index is -0.0821. The lowest BCUT2D eigenvalue weighted by Crippen LogP contribution is -2.22.